The van der Waals surface area contributed by atoms with Crippen molar-refractivity contribution in [3.63, 3.8) is 0 Å². The summed E-state index contributed by atoms with van der Waals surface area (Å²) in [6.45, 7) is 3.11. The zero-order valence-corrected chi connectivity index (χ0v) is 13.8. The standard InChI is InChI=1S/C13H13INO.HI/c1-9-6-13-15(8-10(7-14)16-13)12-5-3-2-4-11(9)12;/h2-6,10H,7-8H2,1H3;1H/q+1;/p-1. The van der Waals surface area contributed by atoms with Crippen LogP contribution < -0.4 is 33.3 Å². The quantitative estimate of drug-likeness (QED) is 0.327. The number of fused-ring (bicyclic) bond motifs is 3. The maximum Gasteiger partial charge on any atom is 0.369 e. The summed E-state index contributed by atoms with van der Waals surface area (Å²) in [5.74, 6) is 1.01. The molecule has 0 N–H and O–H groups in total. The van der Waals surface area contributed by atoms with E-state index in [9.17, 15) is 0 Å². The fourth-order valence-electron chi connectivity index (χ4n) is 2.28. The van der Waals surface area contributed by atoms with Crippen molar-refractivity contribution in [2.75, 3.05) is 4.43 Å². The average molecular weight is 453 g/mol. The number of rotatable bonds is 1. The summed E-state index contributed by atoms with van der Waals surface area (Å²) in [4.78, 5) is 0. The summed E-state index contributed by atoms with van der Waals surface area (Å²) in [5, 5.41) is 1.32. The number of hydrogen-bond acceptors (Lipinski definition) is 1. The molecule has 90 valence electrons. The Morgan fingerprint density at radius 1 is 1.41 bits per heavy atom. The molecule has 0 aliphatic carbocycles. The number of alkyl halides is 1. The Bertz CT molecular complexity index is 556. The van der Waals surface area contributed by atoms with Crippen molar-refractivity contribution in [1.82, 2.24) is 0 Å². The molecule has 0 fully saturated rings. The molecule has 1 unspecified atom stereocenters. The largest absolute Gasteiger partial charge is 1.00 e. The van der Waals surface area contributed by atoms with Crippen LogP contribution in [0.5, 0.6) is 5.88 Å². The minimum absolute atomic E-state index is 0. The van der Waals surface area contributed by atoms with Gasteiger partial charge >= 0.3 is 5.88 Å². The topological polar surface area (TPSA) is 13.1 Å². The van der Waals surface area contributed by atoms with E-state index in [0.717, 1.165) is 16.9 Å². The molecule has 2 nitrogen and oxygen atoms in total. The Morgan fingerprint density at radius 3 is 2.94 bits per heavy atom. The van der Waals surface area contributed by atoms with Gasteiger partial charge in [-0.15, -0.1) is 0 Å². The van der Waals surface area contributed by atoms with Crippen LogP contribution in [0.3, 0.4) is 0 Å². The lowest BCUT2D eigenvalue weighted by atomic mass is 10.1. The first-order valence-electron chi connectivity index (χ1n) is 5.44. The third-order valence-corrected chi connectivity index (χ3v) is 4.05. The van der Waals surface area contributed by atoms with Gasteiger partial charge in [-0.25, -0.2) is 0 Å². The van der Waals surface area contributed by atoms with Crippen molar-refractivity contribution in [2.24, 2.45) is 0 Å². The fraction of sp³-hybridized carbons (Fsp3) is 0.308. The lowest BCUT2D eigenvalue weighted by molar-refractivity contribution is -0.655. The maximum atomic E-state index is 5.90. The first-order valence-corrected chi connectivity index (χ1v) is 6.97. The maximum absolute atomic E-state index is 5.90. The molecule has 0 bridgehead atoms. The molecule has 2 heterocycles. The monoisotopic (exact) mass is 453 g/mol. The molecule has 4 heteroatoms. The lowest BCUT2D eigenvalue weighted by Gasteiger charge is -2.00. The van der Waals surface area contributed by atoms with Gasteiger partial charge in [-0.2, -0.15) is 4.57 Å². The van der Waals surface area contributed by atoms with Gasteiger partial charge in [-0.1, -0.05) is 34.7 Å². The second kappa shape index (κ2) is 5.26. The molecule has 0 saturated carbocycles. The van der Waals surface area contributed by atoms with Crippen LogP contribution in [-0.4, -0.2) is 10.5 Å². The molecule has 0 spiro atoms. The molecule has 0 radical (unpaired) electrons. The second-order valence-corrected chi connectivity index (χ2v) is 5.07. The predicted octanol–water partition coefficient (Wildman–Crippen LogP) is -0.364. The van der Waals surface area contributed by atoms with Crippen LogP contribution in [0.1, 0.15) is 5.56 Å². The summed E-state index contributed by atoms with van der Waals surface area (Å²) in [6.07, 6.45) is 0.325. The van der Waals surface area contributed by atoms with Gasteiger partial charge in [0.25, 0.3) is 0 Å². The summed E-state index contributed by atoms with van der Waals surface area (Å²) in [5.41, 5.74) is 2.57. The Balaban J connectivity index is 0.00000108. The highest BCUT2D eigenvalue weighted by Gasteiger charge is 2.31. The SMILES string of the molecule is Cc1cc2[n+](c3ccccc13)CC(CI)O2.[I-]. The highest BCUT2D eigenvalue weighted by atomic mass is 127. The van der Waals surface area contributed by atoms with Crippen molar-refractivity contribution in [1.29, 1.82) is 0 Å². The highest BCUT2D eigenvalue weighted by molar-refractivity contribution is 14.1. The molecular weight excluding hydrogens is 440 g/mol. The van der Waals surface area contributed by atoms with Gasteiger partial charge in [0.1, 0.15) is 0 Å². The molecule has 3 rings (SSSR count). The first kappa shape index (κ1) is 13.3. The summed E-state index contributed by atoms with van der Waals surface area (Å²) >= 11 is 2.38. The van der Waals surface area contributed by atoms with Crippen LogP contribution in [0.15, 0.2) is 30.3 Å². The number of aromatic nitrogens is 1. The Kier molecular flexibility index (Phi) is 4.12. The minimum Gasteiger partial charge on any atom is -1.00 e. The molecule has 1 aliphatic rings. The molecule has 1 aromatic carbocycles. The Hall–Kier alpha value is -0.110. The fourth-order valence-corrected chi connectivity index (χ4v) is 2.74. The number of hydrogen-bond donors (Lipinski definition) is 0. The number of benzene rings is 1. The molecule has 1 aromatic heterocycles. The van der Waals surface area contributed by atoms with E-state index in [2.05, 4.69) is 64.4 Å². The number of pyridine rings is 1. The van der Waals surface area contributed by atoms with E-state index in [-0.39, 0.29) is 24.0 Å². The lowest BCUT2D eigenvalue weighted by Crippen LogP contribution is -3.00. The molecule has 2 aromatic rings. The number of aryl methyl sites for hydroxylation is 1. The van der Waals surface area contributed by atoms with Gasteiger partial charge < -0.3 is 28.7 Å². The van der Waals surface area contributed by atoms with Crippen molar-refractivity contribution in [3.8, 4) is 5.88 Å². The molecule has 0 saturated heterocycles. The van der Waals surface area contributed by atoms with E-state index in [4.69, 9.17) is 4.74 Å². The van der Waals surface area contributed by atoms with E-state index in [0.29, 0.717) is 6.10 Å². The molecule has 1 aliphatic heterocycles. The zero-order chi connectivity index (χ0) is 11.1. The van der Waals surface area contributed by atoms with Crippen LogP contribution in [0.25, 0.3) is 10.9 Å². The molecule has 1 atom stereocenters. The van der Waals surface area contributed by atoms with Gasteiger partial charge in [0.2, 0.25) is 5.52 Å². The van der Waals surface area contributed by atoms with E-state index in [1.54, 1.807) is 0 Å². The highest BCUT2D eigenvalue weighted by Crippen LogP contribution is 2.24. The van der Waals surface area contributed by atoms with Crippen LogP contribution in [-0.2, 0) is 6.54 Å². The Morgan fingerprint density at radius 2 is 2.18 bits per heavy atom. The summed E-state index contributed by atoms with van der Waals surface area (Å²) < 4.78 is 9.22. The summed E-state index contributed by atoms with van der Waals surface area (Å²) in [7, 11) is 0. The van der Waals surface area contributed by atoms with Gasteiger partial charge in [0.05, 0.1) is 6.07 Å². The smallest absolute Gasteiger partial charge is 0.369 e. The average Bonchev–Trinajstić information content (AvgIpc) is 2.72. The van der Waals surface area contributed by atoms with Gasteiger partial charge in [-0.3, -0.25) is 0 Å². The van der Waals surface area contributed by atoms with Crippen molar-refractivity contribution in [3.05, 3.63) is 35.9 Å². The number of nitrogens with zero attached hydrogens (tertiary/aromatic N) is 1. The zero-order valence-electron chi connectivity index (χ0n) is 9.49. The number of ether oxygens (including phenoxy) is 1. The minimum atomic E-state index is 0. The third-order valence-electron chi connectivity index (χ3n) is 3.07. The molecule has 0 amide bonds. The molecule has 17 heavy (non-hydrogen) atoms. The second-order valence-electron chi connectivity index (χ2n) is 4.19. The molecular formula is C13H13I2NO. The Labute approximate surface area is 132 Å². The van der Waals surface area contributed by atoms with Crippen LogP contribution >= 0.6 is 22.6 Å². The number of para-hydroxylation sites is 1. The van der Waals surface area contributed by atoms with E-state index < -0.39 is 0 Å². The van der Waals surface area contributed by atoms with Gasteiger partial charge in [0, 0.05) is 15.9 Å². The van der Waals surface area contributed by atoms with Gasteiger partial charge in [0.15, 0.2) is 12.6 Å². The van der Waals surface area contributed by atoms with E-state index >= 15 is 0 Å². The van der Waals surface area contributed by atoms with Crippen LogP contribution in [0, 0.1) is 6.92 Å². The van der Waals surface area contributed by atoms with Crippen molar-refractivity contribution >= 4 is 33.5 Å². The normalized spacial score (nSPS) is 17.4. The van der Waals surface area contributed by atoms with E-state index in [1.165, 1.54) is 16.5 Å². The predicted molar refractivity (Wildman–Crippen MR) is 72.2 cm³/mol. The number of halogens is 2. The first-order chi connectivity index (χ1) is 7.79. The summed E-state index contributed by atoms with van der Waals surface area (Å²) in [6, 6.07) is 10.7. The van der Waals surface area contributed by atoms with Gasteiger partial charge in [-0.05, 0) is 18.6 Å². The van der Waals surface area contributed by atoms with Crippen LogP contribution in [0.2, 0.25) is 0 Å². The van der Waals surface area contributed by atoms with Crippen molar-refractivity contribution in [2.45, 2.75) is 19.6 Å². The van der Waals surface area contributed by atoms with E-state index in [1.807, 2.05) is 0 Å². The third kappa shape index (κ3) is 2.25. The van der Waals surface area contributed by atoms with Crippen LogP contribution in [0.4, 0.5) is 0 Å². The van der Waals surface area contributed by atoms with Crippen molar-refractivity contribution < 1.29 is 33.3 Å².